The fourth-order valence-electron chi connectivity index (χ4n) is 3.32. The number of nitrogens with one attached hydrogen (secondary N) is 1. The van der Waals surface area contributed by atoms with Crippen molar-refractivity contribution in [1.82, 2.24) is 4.90 Å². The standard InChI is InChI=1S/C21H22N2O7S/c1-4-30-21(27)23-10-9-14-15(11-23)31-18(16(14)20(26)29-3)22-17(24)12-7-5-6-8-13(12)19(25)28-2/h5-8H,4,9-11H2,1-3H3,(H,22,24). The third kappa shape index (κ3) is 4.53. The first-order valence-corrected chi connectivity index (χ1v) is 10.4. The first kappa shape index (κ1) is 22.3. The van der Waals surface area contributed by atoms with Crippen LogP contribution in [0.2, 0.25) is 0 Å². The van der Waals surface area contributed by atoms with Gasteiger partial charge in [-0.2, -0.15) is 0 Å². The van der Waals surface area contributed by atoms with Gasteiger partial charge < -0.3 is 24.4 Å². The van der Waals surface area contributed by atoms with Crippen molar-refractivity contribution in [3.05, 3.63) is 51.4 Å². The Hall–Kier alpha value is -3.40. The van der Waals surface area contributed by atoms with Crippen LogP contribution >= 0.6 is 11.3 Å². The van der Waals surface area contributed by atoms with Gasteiger partial charge in [0.15, 0.2) is 0 Å². The molecule has 0 radical (unpaired) electrons. The average molecular weight is 446 g/mol. The Balaban J connectivity index is 1.94. The number of hydrogen-bond acceptors (Lipinski definition) is 8. The molecule has 3 rings (SSSR count). The molecule has 2 aromatic rings. The molecule has 0 saturated carbocycles. The number of anilines is 1. The first-order chi connectivity index (χ1) is 14.9. The minimum absolute atomic E-state index is 0.108. The molecule has 0 fully saturated rings. The van der Waals surface area contributed by atoms with Crippen molar-refractivity contribution in [2.24, 2.45) is 0 Å². The summed E-state index contributed by atoms with van der Waals surface area (Å²) in [5, 5.41) is 3.02. The Morgan fingerprint density at radius 3 is 2.39 bits per heavy atom. The zero-order valence-corrected chi connectivity index (χ0v) is 18.2. The Labute approximate surface area is 182 Å². The summed E-state index contributed by atoms with van der Waals surface area (Å²) in [5.74, 6) is -1.79. The van der Waals surface area contributed by atoms with Gasteiger partial charge in [-0.3, -0.25) is 4.79 Å². The number of esters is 2. The summed E-state index contributed by atoms with van der Waals surface area (Å²) >= 11 is 1.19. The van der Waals surface area contributed by atoms with Crippen molar-refractivity contribution in [3.63, 3.8) is 0 Å². The lowest BCUT2D eigenvalue weighted by Crippen LogP contribution is -2.36. The van der Waals surface area contributed by atoms with Gasteiger partial charge in [0.05, 0.1) is 44.1 Å². The first-order valence-electron chi connectivity index (χ1n) is 9.54. The lowest BCUT2D eigenvalue weighted by atomic mass is 10.0. The molecule has 0 aliphatic carbocycles. The predicted molar refractivity (Wildman–Crippen MR) is 113 cm³/mol. The number of carbonyl (C=O) groups is 4. The molecule has 10 heteroatoms. The predicted octanol–water partition coefficient (Wildman–Crippen LogP) is 3.09. The molecule has 1 aromatic carbocycles. The van der Waals surface area contributed by atoms with E-state index in [9.17, 15) is 19.2 Å². The van der Waals surface area contributed by atoms with Crippen LogP contribution < -0.4 is 5.32 Å². The number of nitrogens with zero attached hydrogens (tertiary/aromatic N) is 1. The largest absolute Gasteiger partial charge is 0.465 e. The van der Waals surface area contributed by atoms with Crippen LogP contribution in [-0.4, -0.2) is 56.2 Å². The number of hydrogen-bond donors (Lipinski definition) is 1. The van der Waals surface area contributed by atoms with E-state index in [1.807, 2.05) is 0 Å². The van der Waals surface area contributed by atoms with Crippen LogP contribution in [0.15, 0.2) is 24.3 Å². The average Bonchev–Trinajstić information content (AvgIpc) is 3.14. The molecule has 1 N–H and O–H groups in total. The van der Waals surface area contributed by atoms with E-state index in [2.05, 4.69) is 5.32 Å². The van der Waals surface area contributed by atoms with Gasteiger partial charge >= 0.3 is 18.0 Å². The molecule has 164 valence electrons. The van der Waals surface area contributed by atoms with Crippen molar-refractivity contribution < 1.29 is 33.4 Å². The van der Waals surface area contributed by atoms with Crippen molar-refractivity contribution in [2.45, 2.75) is 19.9 Å². The van der Waals surface area contributed by atoms with Gasteiger partial charge in [-0.15, -0.1) is 11.3 Å². The van der Waals surface area contributed by atoms with Crippen molar-refractivity contribution in [2.75, 3.05) is 32.7 Å². The summed E-state index contributed by atoms with van der Waals surface area (Å²) in [6.07, 6.45) is -0.0114. The quantitative estimate of drug-likeness (QED) is 0.555. The summed E-state index contributed by atoms with van der Waals surface area (Å²) in [6.45, 7) is 2.64. The van der Waals surface area contributed by atoms with Gasteiger partial charge in [0.25, 0.3) is 5.91 Å². The number of methoxy groups -OCH3 is 2. The van der Waals surface area contributed by atoms with E-state index in [1.165, 1.54) is 37.7 Å². The van der Waals surface area contributed by atoms with Gasteiger partial charge in [0.1, 0.15) is 5.00 Å². The molecule has 2 amide bonds. The minimum Gasteiger partial charge on any atom is -0.465 e. The zero-order valence-electron chi connectivity index (χ0n) is 17.4. The molecule has 2 heterocycles. The summed E-state index contributed by atoms with van der Waals surface area (Å²) in [6, 6.07) is 6.23. The van der Waals surface area contributed by atoms with E-state index in [4.69, 9.17) is 14.2 Å². The molecular formula is C21H22N2O7S. The van der Waals surface area contributed by atoms with Crippen molar-refractivity contribution in [1.29, 1.82) is 0 Å². The number of fused-ring (bicyclic) bond motifs is 1. The molecule has 1 aromatic heterocycles. The number of rotatable bonds is 5. The van der Waals surface area contributed by atoms with Crippen LogP contribution in [-0.2, 0) is 27.2 Å². The molecule has 0 unspecified atom stereocenters. The highest BCUT2D eigenvalue weighted by Gasteiger charge is 2.31. The van der Waals surface area contributed by atoms with E-state index in [1.54, 1.807) is 24.0 Å². The maximum absolute atomic E-state index is 12.9. The van der Waals surface area contributed by atoms with E-state index in [0.29, 0.717) is 18.0 Å². The summed E-state index contributed by atoms with van der Waals surface area (Å²) in [7, 11) is 2.49. The van der Waals surface area contributed by atoms with E-state index < -0.39 is 23.9 Å². The second-order valence-corrected chi connectivity index (χ2v) is 7.67. The number of carbonyl (C=O) groups excluding carboxylic acids is 4. The van der Waals surface area contributed by atoms with Crippen LogP contribution in [0.4, 0.5) is 9.80 Å². The molecule has 0 spiro atoms. The Kier molecular flexibility index (Phi) is 6.91. The molecule has 0 bridgehead atoms. The van der Waals surface area contributed by atoms with Gasteiger partial charge in [-0.25, -0.2) is 14.4 Å². The Morgan fingerprint density at radius 2 is 1.74 bits per heavy atom. The molecule has 0 atom stereocenters. The summed E-state index contributed by atoms with van der Waals surface area (Å²) in [4.78, 5) is 51.8. The normalized spacial score (nSPS) is 12.5. The second-order valence-electron chi connectivity index (χ2n) is 6.56. The van der Waals surface area contributed by atoms with Gasteiger partial charge in [0.2, 0.25) is 0 Å². The van der Waals surface area contributed by atoms with E-state index in [0.717, 1.165) is 10.4 Å². The van der Waals surface area contributed by atoms with Crippen LogP contribution in [0.3, 0.4) is 0 Å². The highest BCUT2D eigenvalue weighted by molar-refractivity contribution is 7.17. The molecule has 1 aliphatic heterocycles. The summed E-state index contributed by atoms with van der Waals surface area (Å²) < 4.78 is 14.7. The fraction of sp³-hybridized carbons (Fsp3) is 0.333. The van der Waals surface area contributed by atoms with Crippen LogP contribution in [0.5, 0.6) is 0 Å². The van der Waals surface area contributed by atoms with Crippen molar-refractivity contribution >= 4 is 40.3 Å². The zero-order chi connectivity index (χ0) is 22.5. The lowest BCUT2D eigenvalue weighted by Gasteiger charge is -2.26. The molecule has 1 aliphatic rings. The van der Waals surface area contributed by atoms with Gasteiger partial charge in [-0.05, 0) is 31.0 Å². The van der Waals surface area contributed by atoms with Crippen LogP contribution in [0, 0.1) is 0 Å². The van der Waals surface area contributed by atoms with Gasteiger partial charge in [0, 0.05) is 11.4 Å². The Morgan fingerprint density at radius 1 is 1.06 bits per heavy atom. The number of thiophene rings is 1. The molecule has 0 saturated heterocycles. The number of amides is 2. The smallest absolute Gasteiger partial charge is 0.410 e. The minimum atomic E-state index is -0.644. The third-order valence-corrected chi connectivity index (χ3v) is 5.91. The monoisotopic (exact) mass is 446 g/mol. The number of ether oxygens (including phenoxy) is 3. The summed E-state index contributed by atoms with van der Waals surface area (Å²) in [5.41, 5.74) is 1.21. The van der Waals surface area contributed by atoms with E-state index >= 15 is 0 Å². The van der Waals surface area contributed by atoms with Crippen molar-refractivity contribution in [3.8, 4) is 0 Å². The second kappa shape index (κ2) is 9.61. The lowest BCUT2D eigenvalue weighted by molar-refractivity contribution is 0.0589. The number of benzene rings is 1. The van der Waals surface area contributed by atoms with Crippen LogP contribution in [0.25, 0.3) is 0 Å². The Bertz CT molecular complexity index is 1030. The SMILES string of the molecule is CCOC(=O)N1CCc2c(sc(NC(=O)c3ccccc3C(=O)OC)c2C(=O)OC)C1. The highest BCUT2D eigenvalue weighted by Crippen LogP contribution is 2.38. The van der Waals surface area contributed by atoms with E-state index in [-0.39, 0.29) is 29.8 Å². The topological polar surface area (TPSA) is 111 Å². The third-order valence-electron chi connectivity index (χ3n) is 4.78. The molecule has 9 nitrogen and oxygen atoms in total. The van der Waals surface area contributed by atoms with Crippen LogP contribution in [0.1, 0.15) is 48.4 Å². The molecule has 31 heavy (non-hydrogen) atoms. The van der Waals surface area contributed by atoms with Gasteiger partial charge in [-0.1, -0.05) is 12.1 Å². The maximum Gasteiger partial charge on any atom is 0.410 e. The fourth-order valence-corrected chi connectivity index (χ4v) is 4.57. The molecular weight excluding hydrogens is 424 g/mol. The maximum atomic E-state index is 12.9. The highest BCUT2D eigenvalue weighted by atomic mass is 32.1.